The zero-order valence-electron chi connectivity index (χ0n) is 10.9. The fourth-order valence-corrected chi connectivity index (χ4v) is 1.75. The molecule has 0 aliphatic carbocycles. The molecule has 1 aliphatic rings. The van der Waals surface area contributed by atoms with Gasteiger partial charge in [0.15, 0.2) is 0 Å². The average Bonchev–Trinajstić information content (AvgIpc) is 2.23. The molecule has 1 saturated heterocycles. The minimum Gasteiger partial charge on any atom is -0.463 e. The van der Waals surface area contributed by atoms with Gasteiger partial charge in [-0.15, -0.1) is 0 Å². The first-order valence-electron chi connectivity index (χ1n) is 5.95. The first kappa shape index (κ1) is 13.8. The average molecular weight is 243 g/mol. The zero-order valence-corrected chi connectivity index (χ0v) is 10.9. The summed E-state index contributed by atoms with van der Waals surface area (Å²) in [6, 6.07) is -0.0636. The van der Waals surface area contributed by atoms with Crippen molar-refractivity contribution in [2.75, 3.05) is 0 Å². The van der Waals surface area contributed by atoms with E-state index in [2.05, 4.69) is 5.32 Å². The Morgan fingerprint density at radius 2 is 2.12 bits per heavy atom. The van der Waals surface area contributed by atoms with Crippen LogP contribution in [0.5, 0.6) is 0 Å². The van der Waals surface area contributed by atoms with Crippen LogP contribution in [-0.4, -0.2) is 29.8 Å². The summed E-state index contributed by atoms with van der Waals surface area (Å²) in [5.41, 5.74) is -0.507. The highest BCUT2D eigenvalue weighted by molar-refractivity contribution is 5.71. The molecule has 0 saturated carbocycles. The fourth-order valence-electron chi connectivity index (χ4n) is 1.75. The van der Waals surface area contributed by atoms with Gasteiger partial charge in [0.2, 0.25) is 0 Å². The second-order valence-corrected chi connectivity index (χ2v) is 5.42. The number of ether oxygens (including phenoxy) is 2. The Morgan fingerprint density at radius 3 is 2.71 bits per heavy atom. The Balaban J connectivity index is 2.45. The van der Waals surface area contributed by atoms with Crippen LogP contribution in [0.3, 0.4) is 0 Å². The molecular weight excluding hydrogens is 222 g/mol. The lowest BCUT2D eigenvalue weighted by atomic mass is 10.1. The van der Waals surface area contributed by atoms with Crippen LogP contribution in [0, 0.1) is 0 Å². The highest BCUT2D eigenvalue weighted by atomic mass is 16.6. The summed E-state index contributed by atoms with van der Waals surface area (Å²) in [7, 11) is 0. The zero-order chi connectivity index (χ0) is 13.1. The molecule has 5 nitrogen and oxygen atoms in total. The Hall–Kier alpha value is -1.26. The number of amides is 1. The smallest absolute Gasteiger partial charge is 0.407 e. The summed E-state index contributed by atoms with van der Waals surface area (Å²) in [6.07, 6.45) is 0.965. The summed E-state index contributed by atoms with van der Waals surface area (Å²) in [4.78, 5) is 22.8. The van der Waals surface area contributed by atoms with Crippen LogP contribution in [0.1, 0.15) is 47.0 Å². The van der Waals surface area contributed by atoms with Crippen molar-refractivity contribution in [3.8, 4) is 0 Å². The Morgan fingerprint density at radius 1 is 1.47 bits per heavy atom. The summed E-state index contributed by atoms with van der Waals surface area (Å²) in [5.74, 6) is -0.203. The molecule has 0 bridgehead atoms. The van der Waals surface area contributed by atoms with Crippen LogP contribution in [0.2, 0.25) is 0 Å². The first-order chi connectivity index (χ1) is 7.76. The molecule has 5 heteroatoms. The van der Waals surface area contributed by atoms with Crippen molar-refractivity contribution in [1.29, 1.82) is 0 Å². The van der Waals surface area contributed by atoms with Gasteiger partial charge in [0.1, 0.15) is 11.7 Å². The van der Waals surface area contributed by atoms with E-state index in [1.165, 1.54) is 0 Å². The summed E-state index contributed by atoms with van der Waals surface area (Å²) >= 11 is 0. The topological polar surface area (TPSA) is 64.6 Å². The third-order valence-corrected chi connectivity index (χ3v) is 2.37. The number of nitrogens with one attached hydrogen (secondary N) is 1. The van der Waals surface area contributed by atoms with E-state index in [9.17, 15) is 9.59 Å². The molecule has 17 heavy (non-hydrogen) atoms. The second-order valence-electron chi connectivity index (χ2n) is 5.42. The Labute approximate surface area is 102 Å². The van der Waals surface area contributed by atoms with E-state index < -0.39 is 11.7 Å². The third-order valence-electron chi connectivity index (χ3n) is 2.37. The maximum absolute atomic E-state index is 11.6. The Bertz CT molecular complexity index is 295. The van der Waals surface area contributed by atoms with Crippen LogP contribution in [0.15, 0.2) is 0 Å². The van der Waals surface area contributed by atoms with Crippen LogP contribution >= 0.6 is 0 Å². The van der Waals surface area contributed by atoms with E-state index in [1.54, 1.807) is 0 Å². The molecule has 2 unspecified atom stereocenters. The summed E-state index contributed by atoms with van der Waals surface area (Å²) in [5, 5.41) is 2.77. The van der Waals surface area contributed by atoms with E-state index in [0.29, 0.717) is 19.3 Å². The van der Waals surface area contributed by atoms with Crippen LogP contribution in [0.4, 0.5) is 4.79 Å². The van der Waals surface area contributed by atoms with Crippen molar-refractivity contribution in [3.05, 3.63) is 0 Å². The number of carbonyl (C=O) groups excluding carboxylic acids is 2. The molecule has 1 heterocycles. The van der Waals surface area contributed by atoms with Gasteiger partial charge in [0.05, 0.1) is 0 Å². The predicted octanol–water partition coefficient (Wildman–Crippen LogP) is 2.00. The van der Waals surface area contributed by atoms with Gasteiger partial charge in [-0.1, -0.05) is 0 Å². The van der Waals surface area contributed by atoms with Crippen LogP contribution in [0.25, 0.3) is 0 Å². The monoisotopic (exact) mass is 243 g/mol. The van der Waals surface area contributed by atoms with E-state index in [0.717, 1.165) is 0 Å². The van der Waals surface area contributed by atoms with E-state index in [4.69, 9.17) is 9.47 Å². The quantitative estimate of drug-likeness (QED) is 0.715. The predicted molar refractivity (Wildman–Crippen MR) is 62.6 cm³/mol. The van der Waals surface area contributed by atoms with Gasteiger partial charge in [-0.05, 0) is 34.1 Å². The molecule has 0 aromatic rings. The molecule has 1 fully saturated rings. The molecule has 0 radical (unpaired) electrons. The van der Waals surface area contributed by atoms with Gasteiger partial charge in [-0.2, -0.15) is 0 Å². The maximum Gasteiger partial charge on any atom is 0.407 e. The fraction of sp³-hybridized carbons (Fsp3) is 0.833. The number of hydrogen-bond donors (Lipinski definition) is 1. The normalized spacial score (nSPS) is 25.8. The lowest BCUT2D eigenvalue weighted by molar-refractivity contribution is -0.147. The third kappa shape index (κ3) is 5.56. The minimum atomic E-state index is -0.507. The minimum absolute atomic E-state index is 0.0636. The molecule has 0 aromatic heterocycles. The van der Waals surface area contributed by atoms with Crippen molar-refractivity contribution in [2.45, 2.75) is 64.7 Å². The van der Waals surface area contributed by atoms with Gasteiger partial charge in [-0.25, -0.2) is 4.79 Å². The van der Waals surface area contributed by atoms with Crippen molar-refractivity contribution in [1.82, 2.24) is 5.32 Å². The first-order valence-corrected chi connectivity index (χ1v) is 5.95. The van der Waals surface area contributed by atoms with Gasteiger partial charge in [-0.3, -0.25) is 4.79 Å². The lowest BCUT2D eigenvalue weighted by Gasteiger charge is -2.23. The van der Waals surface area contributed by atoms with Crippen molar-refractivity contribution >= 4 is 12.1 Å². The number of cyclic esters (lactones) is 1. The SMILES string of the molecule is CC1CC(NC(=O)OC(C)(C)C)CCC(=O)O1. The maximum atomic E-state index is 11.6. The number of carbonyl (C=O) groups is 2. The second kappa shape index (κ2) is 5.38. The molecule has 0 spiro atoms. The van der Waals surface area contributed by atoms with E-state index in [1.807, 2.05) is 27.7 Å². The molecule has 98 valence electrons. The molecule has 1 rings (SSSR count). The number of alkyl carbamates (subject to hydrolysis) is 1. The van der Waals surface area contributed by atoms with E-state index in [-0.39, 0.29) is 18.1 Å². The molecule has 1 amide bonds. The molecule has 1 N–H and O–H groups in total. The van der Waals surface area contributed by atoms with Gasteiger partial charge >= 0.3 is 12.1 Å². The largest absolute Gasteiger partial charge is 0.463 e. The van der Waals surface area contributed by atoms with Crippen LogP contribution in [-0.2, 0) is 14.3 Å². The number of rotatable bonds is 1. The van der Waals surface area contributed by atoms with Crippen molar-refractivity contribution in [2.24, 2.45) is 0 Å². The lowest BCUT2D eigenvalue weighted by Crippen LogP contribution is -2.40. The van der Waals surface area contributed by atoms with Crippen LogP contribution < -0.4 is 5.32 Å². The summed E-state index contributed by atoms with van der Waals surface area (Å²) in [6.45, 7) is 7.27. The summed E-state index contributed by atoms with van der Waals surface area (Å²) < 4.78 is 10.3. The van der Waals surface area contributed by atoms with Crippen molar-refractivity contribution < 1.29 is 19.1 Å². The standard InChI is InChI=1S/C12H21NO4/c1-8-7-9(5-6-10(14)16-8)13-11(15)17-12(2,3)4/h8-9H,5-7H2,1-4H3,(H,13,15). The van der Waals surface area contributed by atoms with Gasteiger partial charge in [0, 0.05) is 18.9 Å². The van der Waals surface area contributed by atoms with E-state index >= 15 is 0 Å². The Kier molecular flexibility index (Phi) is 4.37. The van der Waals surface area contributed by atoms with Gasteiger partial charge in [0.25, 0.3) is 0 Å². The number of esters is 1. The van der Waals surface area contributed by atoms with Crippen molar-refractivity contribution in [3.63, 3.8) is 0 Å². The molecule has 1 aliphatic heterocycles. The highest BCUT2D eigenvalue weighted by Crippen LogP contribution is 2.15. The molecular formula is C12H21NO4. The highest BCUT2D eigenvalue weighted by Gasteiger charge is 2.25. The number of hydrogen-bond acceptors (Lipinski definition) is 4. The molecule has 2 atom stereocenters. The molecule has 0 aromatic carbocycles. The van der Waals surface area contributed by atoms with Gasteiger partial charge < -0.3 is 14.8 Å².